The molecule has 0 bridgehead atoms. The number of carbonyl (C=O) groups is 2. The average molecular weight is 229 g/mol. The molecule has 0 saturated carbocycles. The Kier molecular flexibility index (Phi) is 3.51. The van der Waals surface area contributed by atoms with Crippen molar-refractivity contribution < 1.29 is 19.2 Å². The fraction of sp³-hybridized carbons (Fsp3) is 0.250. The van der Waals surface area contributed by atoms with Gasteiger partial charge >= 0.3 is 11.0 Å². The van der Waals surface area contributed by atoms with Crippen molar-refractivity contribution in [1.29, 1.82) is 0 Å². The molecular weight excluding hydrogens is 222 g/mol. The molecule has 0 amide bonds. The predicted octanol–water partition coefficient (Wildman–Crippen LogP) is 1.40. The van der Waals surface area contributed by atoms with Gasteiger partial charge in [-0.1, -0.05) is 11.3 Å². The van der Waals surface area contributed by atoms with Crippen LogP contribution in [0.25, 0.3) is 0 Å². The highest BCUT2D eigenvalue weighted by Crippen LogP contribution is 2.24. The summed E-state index contributed by atoms with van der Waals surface area (Å²) in [6, 6.07) is 2.42. The molecule has 7 heteroatoms. The highest BCUT2D eigenvalue weighted by molar-refractivity contribution is 7.17. The number of esters is 1. The highest BCUT2D eigenvalue weighted by atomic mass is 32.1. The molecule has 0 aliphatic rings. The fourth-order valence-corrected chi connectivity index (χ4v) is 1.59. The Hall–Kier alpha value is -1.76. The maximum atomic E-state index is 11.3. The van der Waals surface area contributed by atoms with Gasteiger partial charge in [-0.25, -0.2) is 4.79 Å². The van der Waals surface area contributed by atoms with Gasteiger partial charge in [0, 0.05) is 6.07 Å². The topological polar surface area (TPSA) is 86.5 Å². The summed E-state index contributed by atoms with van der Waals surface area (Å²) >= 11 is 0.654. The molecule has 0 unspecified atom stereocenters. The molecule has 15 heavy (non-hydrogen) atoms. The van der Waals surface area contributed by atoms with E-state index in [4.69, 9.17) is 0 Å². The normalized spacial score (nSPS) is 9.67. The number of hydrogen-bond donors (Lipinski definition) is 0. The molecule has 0 aromatic carbocycles. The van der Waals surface area contributed by atoms with Crippen molar-refractivity contribution in [2.24, 2.45) is 0 Å². The third-order valence-corrected chi connectivity index (χ3v) is 2.49. The quantitative estimate of drug-likeness (QED) is 0.256. The number of Topliss-reactive ketones (excluding diaryl/α,β-unsaturated/α-hetero) is 1. The lowest BCUT2D eigenvalue weighted by atomic mass is 10.3. The molecule has 0 fully saturated rings. The van der Waals surface area contributed by atoms with Gasteiger partial charge in [0.1, 0.15) is 0 Å². The predicted molar refractivity (Wildman–Crippen MR) is 51.9 cm³/mol. The molecule has 1 aromatic heterocycles. The molecule has 80 valence electrons. The molecule has 0 saturated heterocycles. The lowest BCUT2D eigenvalue weighted by Crippen LogP contribution is -2.16. The standard InChI is InChI=1S/C8H7NO5S/c1-2-14-8(11)7(10)5-3-4-6(15-5)9(12)13/h3-4H,2H2,1H3. The molecule has 0 spiro atoms. The van der Waals surface area contributed by atoms with Crippen LogP contribution in [-0.4, -0.2) is 23.3 Å². The number of ketones is 1. The Labute approximate surface area is 88.6 Å². The number of thiophene rings is 1. The van der Waals surface area contributed by atoms with Crippen LogP contribution in [0.1, 0.15) is 16.6 Å². The zero-order valence-corrected chi connectivity index (χ0v) is 8.58. The Bertz CT molecular complexity index is 411. The van der Waals surface area contributed by atoms with E-state index in [1.54, 1.807) is 6.92 Å². The van der Waals surface area contributed by atoms with E-state index in [9.17, 15) is 19.7 Å². The van der Waals surface area contributed by atoms with Crippen LogP contribution in [0.15, 0.2) is 12.1 Å². The van der Waals surface area contributed by atoms with Crippen LogP contribution in [-0.2, 0) is 9.53 Å². The Morgan fingerprint density at radius 3 is 2.67 bits per heavy atom. The maximum Gasteiger partial charge on any atom is 0.380 e. The van der Waals surface area contributed by atoms with Crippen molar-refractivity contribution in [3.63, 3.8) is 0 Å². The molecule has 1 aromatic rings. The number of carbonyl (C=O) groups excluding carboxylic acids is 2. The van der Waals surface area contributed by atoms with E-state index in [1.165, 1.54) is 12.1 Å². The zero-order valence-electron chi connectivity index (χ0n) is 7.76. The SMILES string of the molecule is CCOC(=O)C(=O)c1ccc([N+](=O)[O-])s1. The average Bonchev–Trinajstić information content (AvgIpc) is 2.65. The maximum absolute atomic E-state index is 11.3. The lowest BCUT2D eigenvalue weighted by Gasteiger charge is -1.96. The highest BCUT2D eigenvalue weighted by Gasteiger charge is 2.22. The lowest BCUT2D eigenvalue weighted by molar-refractivity contribution is -0.380. The number of nitro groups is 1. The van der Waals surface area contributed by atoms with Gasteiger partial charge in [-0.2, -0.15) is 0 Å². The molecule has 0 aliphatic carbocycles. The minimum Gasteiger partial charge on any atom is -0.460 e. The second-order valence-electron chi connectivity index (χ2n) is 2.44. The summed E-state index contributed by atoms with van der Waals surface area (Å²) < 4.78 is 4.48. The summed E-state index contributed by atoms with van der Waals surface area (Å²) in [7, 11) is 0. The van der Waals surface area contributed by atoms with Gasteiger partial charge in [-0.05, 0) is 13.0 Å². The van der Waals surface area contributed by atoms with Gasteiger partial charge in [0.2, 0.25) is 0 Å². The van der Waals surface area contributed by atoms with Crippen LogP contribution in [0.3, 0.4) is 0 Å². The first-order valence-corrected chi connectivity index (χ1v) is 4.83. The molecule has 0 radical (unpaired) electrons. The summed E-state index contributed by atoms with van der Waals surface area (Å²) in [4.78, 5) is 32.0. The van der Waals surface area contributed by atoms with E-state index in [0.29, 0.717) is 11.3 Å². The largest absolute Gasteiger partial charge is 0.460 e. The van der Waals surface area contributed by atoms with E-state index in [2.05, 4.69) is 4.74 Å². The van der Waals surface area contributed by atoms with Crippen LogP contribution in [0.2, 0.25) is 0 Å². The minimum absolute atomic E-state index is 0.0140. The molecule has 0 aliphatic heterocycles. The van der Waals surface area contributed by atoms with Crippen LogP contribution < -0.4 is 0 Å². The van der Waals surface area contributed by atoms with Crippen LogP contribution in [0, 0.1) is 10.1 Å². The molecular formula is C8H7NO5S. The third kappa shape index (κ3) is 2.59. The first-order chi connectivity index (χ1) is 7.06. The number of ether oxygens (including phenoxy) is 1. The van der Waals surface area contributed by atoms with Crippen molar-refractivity contribution in [3.05, 3.63) is 27.1 Å². The van der Waals surface area contributed by atoms with Gasteiger partial charge in [0.05, 0.1) is 16.4 Å². The van der Waals surface area contributed by atoms with E-state index in [1.807, 2.05) is 0 Å². The summed E-state index contributed by atoms with van der Waals surface area (Å²) in [6.45, 7) is 1.67. The van der Waals surface area contributed by atoms with E-state index >= 15 is 0 Å². The van der Waals surface area contributed by atoms with Crippen LogP contribution in [0.5, 0.6) is 0 Å². The molecule has 1 rings (SSSR count). The second kappa shape index (κ2) is 4.65. The van der Waals surface area contributed by atoms with Gasteiger partial charge < -0.3 is 4.74 Å². The monoisotopic (exact) mass is 229 g/mol. The fourth-order valence-electron chi connectivity index (χ4n) is 0.845. The number of nitrogens with zero attached hydrogens (tertiary/aromatic N) is 1. The smallest absolute Gasteiger partial charge is 0.380 e. The second-order valence-corrected chi connectivity index (χ2v) is 3.51. The van der Waals surface area contributed by atoms with Crippen molar-refractivity contribution >= 4 is 28.1 Å². The summed E-state index contributed by atoms with van der Waals surface area (Å²) in [6.07, 6.45) is 0. The summed E-state index contributed by atoms with van der Waals surface area (Å²) in [5.74, 6) is -1.84. The first kappa shape index (κ1) is 11.3. The molecule has 1 heterocycles. The van der Waals surface area contributed by atoms with E-state index < -0.39 is 16.7 Å². The van der Waals surface area contributed by atoms with Gasteiger partial charge in [0.15, 0.2) is 0 Å². The number of hydrogen-bond acceptors (Lipinski definition) is 6. The van der Waals surface area contributed by atoms with Crippen LogP contribution >= 0.6 is 11.3 Å². The summed E-state index contributed by atoms with van der Waals surface area (Å²) in [5, 5.41) is 10.1. The Morgan fingerprint density at radius 1 is 1.53 bits per heavy atom. The first-order valence-electron chi connectivity index (χ1n) is 4.02. The van der Waals surface area contributed by atoms with Crippen molar-refractivity contribution in [2.45, 2.75) is 6.92 Å². The molecule has 0 atom stereocenters. The van der Waals surface area contributed by atoms with E-state index in [-0.39, 0.29) is 16.5 Å². The zero-order chi connectivity index (χ0) is 11.4. The third-order valence-electron chi connectivity index (χ3n) is 1.46. The van der Waals surface area contributed by atoms with Crippen molar-refractivity contribution in [1.82, 2.24) is 0 Å². The van der Waals surface area contributed by atoms with E-state index in [0.717, 1.165) is 0 Å². The van der Waals surface area contributed by atoms with Gasteiger partial charge in [-0.3, -0.25) is 14.9 Å². The Balaban J connectivity index is 2.83. The number of rotatable bonds is 4. The van der Waals surface area contributed by atoms with Crippen molar-refractivity contribution in [3.8, 4) is 0 Å². The van der Waals surface area contributed by atoms with Gasteiger partial charge in [0.25, 0.3) is 5.78 Å². The molecule has 0 N–H and O–H groups in total. The Morgan fingerprint density at radius 2 is 2.20 bits per heavy atom. The van der Waals surface area contributed by atoms with Crippen molar-refractivity contribution in [2.75, 3.05) is 6.61 Å². The minimum atomic E-state index is -0.991. The molecule has 6 nitrogen and oxygen atoms in total. The summed E-state index contributed by atoms with van der Waals surface area (Å²) in [5.41, 5.74) is 0. The van der Waals surface area contributed by atoms with Crippen LogP contribution in [0.4, 0.5) is 5.00 Å². The van der Waals surface area contributed by atoms with Gasteiger partial charge in [-0.15, -0.1) is 0 Å².